The van der Waals surface area contributed by atoms with Gasteiger partial charge in [0.2, 0.25) is 5.91 Å². The zero-order valence-corrected chi connectivity index (χ0v) is 16.7. The van der Waals surface area contributed by atoms with E-state index in [4.69, 9.17) is 16.6 Å². The molecular weight excluding hydrogens is 370 g/mol. The summed E-state index contributed by atoms with van der Waals surface area (Å²) in [6.45, 7) is 4.32. The van der Waals surface area contributed by atoms with Crippen LogP contribution in [0.15, 0.2) is 28.2 Å². The van der Waals surface area contributed by atoms with Gasteiger partial charge in [-0.05, 0) is 44.9 Å². The number of amides is 1. The predicted octanol–water partition coefficient (Wildman–Crippen LogP) is 4.17. The van der Waals surface area contributed by atoms with Gasteiger partial charge in [0.05, 0.1) is 16.2 Å². The van der Waals surface area contributed by atoms with Crippen molar-refractivity contribution in [2.24, 2.45) is 0 Å². The minimum Gasteiger partial charge on any atom is -0.355 e. The highest BCUT2D eigenvalue weighted by molar-refractivity contribution is 8.00. The second kappa shape index (κ2) is 8.44. The van der Waals surface area contributed by atoms with E-state index in [1.807, 2.05) is 18.4 Å². The van der Waals surface area contributed by atoms with Crippen molar-refractivity contribution in [2.75, 3.05) is 6.54 Å². The van der Waals surface area contributed by atoms with Crippen LogP contribution in [0.5, 0.6) is 0 Å². The number of hydrogen-bond donors (Lipinski definition) is 1. The van der Waals surface area contributed by atoms with Crippen molar-refractivity contribution in [2.45, 2.75) is 62.4 Å². The Labute approximate surface area is 162 Å². The van der Waals surface area contributed by atoms with Gasteiger partial charge in [0.15, 0.2) is 5.16 Å². The number of nitrogens with zero attached hydrogens (tertiary/aromatic N) is 2. The number of nitrogens with one attached hydrogen (secondary N) is 1. The number of thioether (sulfide) groups is 1. The molecule has 26 heavy (non-hydrogen) atoms. The van der Waals surface area contributed by atoms with E-state index in [9.17, 15) is 9.59 Å². The summed E-state index contributed by atoms with van der Waals surface area (Å²) >= 11 is 7.43. The van der Waals surface area contributed by atoms with Crippen LogP contribution >= 0.6 is 23.4 Å². The van der Waals surface area contributed by atoms with Crippen LogP contribution < -0.4 is 10.9 Å². The summed E-state index contributed by atoms with van der Waals surface area (Å²) in [5, 5.41) is 4.24. The fourth-order valence-electron chi connectivity index (χ4n) is 3.43. The van der Waals surface area contributed by atoms with Crippen LogP contribution in [-0.2, 0) is 4.79 Å². The lowest BCUT2D eigenvalue weighted by Crippen LogP contribution is -2.33. The summed E-state index contributed by atoms with van der Waals surface area (Å²) < 4.78 is 1.82. The van der Waals surface area contributed by atoms with Crippen molar-refractivity contribution in [1.82, 2.24) is 14.9 Å². The van der Waals surface area contributed by atoms with Gasteiger partial charge in [-0.1, -0.05) is 42.6 Å². The fourth-order valence-corrected chi connectivity index (χ4v) is 4.60. The molecule has 0 saturated heterocycles. The normalized spacial score (nSPS) is 16.6. The topological polar surface area (TPSA) is 64.0 Å². The van der Waals surface area contributed by atoms with Crippen molar-refractivity contribution < 1.29 is 4.79 Å². The summed E-state index contributed by atoms with van der Waals surface area (Å²) in [6, 6.07) is 5.33. The Morgan fingerprint density at radius 2 is 2.12 bits per heavy atom. The Balaban J connectivity index is 2.08. The molecular formula is C19H24ClN3O2S. The van der Waals surface area contributed by atoms with Crippen molar-refractivity contribution in [3.05, 3.63) is 33.6 Å². The summed E-state index contributed by atoms with van der Waals surface area (Å²) in [4.78, 5) is 30.1. The number of rotatable bonds is 5. The van der Waals surface area contributed by atoms with E-state index in [1.165, 1.54) is 18.2 Å². The molecule has 1 aromatic carbocycles. The Hall–Kier alpha value is -1.53. The molecule has 1 atom stereocenters. The van der Waals surface area contributed by atoms with E-state index in [1.54, 1.807) is 18.2 Å². The van der Waals surface area contributed by atoms with Gasteiger partial charge < -0.3 is 5.32 Å². The standard InChI is InChI=1S/C19H24ClN3O2S/c1-3-21-17(24)12(2)26-19-22-16-11-13(20)9-10-15(16)18(25)23(19)14-7-5-4-6-8-14/h9-12,14H,3-8H2,1-2H3,(H,21,24)/t12-/m1/s1. The number of fused-ring (bicyclic) bond motifs is 1. The SMILES string of the molecule is CCNC(=O)[C@@H](C)Sc1nc2cc(Cl)ccc2c(=O)n1C1CCCCC1. The monoisotopic (exact) mass is 393 g/mol. The van der Waals surface area contributed by atoms with E-state index in [0.717, 1.165) is 25.7 Å². The van der Waals surface area contributed by atoms with Crippen LogP contribution in [0, 0.1) is 0 Å². The van der Waals surface area contributed by atoms with Crippen LogP contribution in [-0.4, -0.2) is 27.3 Å². The lowest BCUT2D eigenvalue weighted by molar-refractivity contribution is -0.120. The third-order valence-corrected chi connectivity index (χ3v) is 6.07. The highest BCUT2D eigenvalue weighted by Gasteiger charge is 2.24. The second-order valence-electron chi connectivity index (χ2n) is 6.68. The molecule has 1 saturated carbocycles. The molecule has 1 heterocycles. The van der Waals surface area contributed by atoms with Crippen LogP contribution in [0.25, 0.3) is 10.9 Å². The van der Waals surface area contributed by atoms with Gasteiger partial charge in [0, 0.05) is 17.6 Å². The number of carbonyl (C=O) groups excluding carboxylic acids is 1. The fraction of sp³-hybridized carbons (Fsp3) is 0.526. The Bertz CT molecular complexity index is 862. The number of carbonyl (C=O) groups is 1. The number of aromatic nitrogens is 2. The first kappa shape index (κ1) is 19.2. The molecule has 7 heteroatoms. The zero-order valence-electron chi connectivity index (χ0n) is 15.1. The van der Waals surface area contributed by atoms with Gasteiger partial charge in [-0.25, -0.2) is 4.98 Å². The van der Waals surface area contributed by atoms with Gasteiger partial charge in [0.25, 0.3) is 5.56 Å². The molecule has 0 bridgehead atoms. The summed E-state index contributed by atoms with van der Waals surface area (Å²) in [7, 11) is 0. The summed E-state index contributed by atoms with van der Waals surface area (Å²) in [5.41, 5.74) is 0.546. The molecule has 5 nitrogen and oxygen atoms in total. The molecule has 1 fully saturated rings. The van der Waals surface area contributed by atoms with Crippen LogP contribution in [0.1, 0.15) is 52.0 Å². The molecule has 0 spiro atoms. The van der Waals surface area contributed by atoms with Crippen molar-refractivity contribution in [3.8, 4) is 0 Å². The molecule has 1 N–H and O–H groups in total. The minimum atomic E-state index is -0.326. The maximum atomic E-state index is 13.2. The molecule has 3 rings (SSSR count). The minimum absolute atomic E-state index is 0.0378. The molecule has 140 valence electrons. The maximum Gasteiger partial charge on any atom is 0.262 e. The van der Waals surface area contributed by atoms with E-state index in [0.29, 0.717) is 27.6 Å². The lowest BCUT2D eigenvalue weighted by Gasteiger charge is -2.26. The van der Waals surface area contributed by atoms with E-state index in [-0.39, 0.29) is 22.8 Å². The predicted molar refractivity (Wildman–Crippen MR) is 107 cm³/mol. The van der Waals surface area contributed by atoms with Crippen LogP contribution in [0.3, 0.4) is 0 Å². The van der Waals surface area contributed by atoms with E-state index < -0.39 is 0 Å². The van der Waals surface area contributed by atoms with Crippen molar-refractivity contribution in [3.63, 3.8) is 0 Å². The molecule has 1 amide bonds. The van der Waals surface area contributed by atoms with Gasteiger partial charge in [-0.3, -0.25) is 14.2 Å². The average Bonchev–Trinajstić information content (AvgIpc) is 2.62. The average molecular weight is 394 g/mol. The first-order chi connectivity index (χ1) is 12.5. The number of halogens is 1. The number of hydrogen-bond acceptors (Lipinski definition) is 4. The van der Waals surface area contributed by atoms with Gasteiger partial charge in [-0.15, -0.1) is 0 Å². The summed E-state index contributed by atoms with van der Waals surface area (Å²) in [5.74, 6) is -0.0480. The summed E-state index contributed by atoms with van der Waals surface area (Å²) in [6.07, 6.45) is 5.39. The molecule has 1 aliphatic rings. The third-order valence-electron chi connectivity index (χ3n) is 4.77. The molecule has 0 unspecified atom stereocenters. The van der Waals surface area contributed by atoms with Gasteiger partial charge in [0.1, 0.15) is 0 Å². The van der Waals surface area contributed by atoms with Crippen molar-refractivity contribution >= 4 is 40.2 Å². The molecule has 0 radical (unpaired) electrons. The van der Waals surface area contributed by atoms with E-state index in [2.05, 4.69) is 5.32 Å². The van der Waals surface area contributed by atoms with Crippen molar-refractivity contribution in [1.29, 1.82) is 0 Å². The molecule has 2 aromatic rings. The van der Waals surface area contributed by atoms with Crippen LogP contribution in [0.4, 0.5) is 0 Å². The highest BCUT2D eigenvalue weighted by Crippen LogP contribution is 2.32. The van der Waals surface area contributed by atoms with Gasteiger partial charge in [-0.2, -0.15) is 0 Å². The number of benzene rings is 1. The van der Waals surface area contributed by atoms with E-state index >= 15 is 0 Å². The second-order valence-corrected chi connectivity index (χ2v) is 8.42. The highest BCUT2D eigenvalue weighted by atomic mass is 35.5. The van der Waals surface area contributed by atoms with Crippen LogP contribution in [0.2, 0.25) is 5.02 Å². The first-order valence-electron chi connectivity index (χ1n) is 9.17. The smallest absolute Gasteiger partial charge is 0.262 e. The Morgan fingerprint density at radius 1 is 1.38 bits per heavy atom. The maximum absolute atomic E-state index is 13.2. The first-order valence-corrected chi connectivity index (χ1v) is 10.4. The Kier molecular flexibility index (Phi) is 6.24. The zero-order chi connectivity index (χ0) is 18.7. The largest absolute Gasteiger partial charge is 0.355 e. The third kappa shape index (κ3) is 4.07. The molecule has 1 aliphatic carbocycles. The lowest BCUT2D eigenvalue weighted by atomic mass is 9.95. The quantitative estimate of drug-likeness (QED) is 0.611. The Morgan fingerprint density at radius 3 is 2.81 bits per heavy atom. The molecule has 0 aliphatic heterocycles. The van der Waals surface area contributed by atoms with Gasteiger partial charge >= 0.3 is 0 Å². The molecule has 1 aromatic heterocycles.